The highest BCUT2D eigenvalue weighted by Crippen LogP contribution is 2.41. The molecule has 8 aromatic rings. The van der Waals surface area contributed by atoms with Crippen molar-refractivity contribution in [2.75, 3.05) is 0 Å². The zero-order chi connectivity index (χ0) is 29.5. The number of rotatable bonds is 3. The van der Waals surface area contributed by atoms with Gasteiger partial charge in [0.25, 0.3) is 6.71 Å². The van der Waals surface area contributed by atoms with Crippen LogP contribution in [-0.4, -0.2) is 11.3 Å². The van der Waals surface area contributed by atoms with Gasteiger partial charge in [-0.25, -0.2) is 0 Å². The maximum atomic E-state index is 6.98. The van der Waals surface area contributed by atoms with Crippen molar-refractivity contribution >= 4 is 44.9 Å². The molecular formula is C42H26BNO. The maximum absolute atomic E-state index is 6.98. The molecule has 0 atom stereocenters. The summed E-state index contributed by atoms with van der Waals surface area (Å²) in [5, 5.41) is 2.57. The molecule has 1 aromatic heterocycles. The summed E-state index contributed by atoms with van der Waals surface area (Å²) in [6, 6.07) is 57.0. The molecule has 0 radical (unpaired) electrons. The van der Waals surface area contributed by atoms with Crippen LogP contribution in [0.4, 0.5) is 0 Å². The van der Waals surface area contributed by atoms with E-state index in [0.29, 0.717) is 0 Å². The second kappa shape index (κ2) is 9.35. The Morgan fingerprint density at radius 3 is 1.93 bits per heavy atom. The first-order valence-electron chi connectivity index (χ1n) is 15.6. The number of para-hydroxylation sites is 2. The van der Waals surface area contributed by atoms with Crippen molar-refractivity contribution < 1.29 is 4.74 Å². The summed E-state index contributed by atoms with van der Waals surface area (Å²) in [6.45, 7) is 0.0718. The van der Waals surface area contributed by atoms with Gasteiger partial charge in [0.1, 0.15) is 11.5 Å². The molecule has 0 N–H and O–H groups in total. The monoisotopic (exact) mass is 571 g/mol. The molecule has 208 valence electrons. The quantitative estimate of drug-likeness (QED) is 0.194. The Hall–Kier alpha value is -5.80. The zero-order valence-electron chi connectivity index (χ0n) is 24.4. The molecule has 3 heteroatoms. The van der Waals surface area contributed by atoms with Crippen LogP contribution < -0.4 is 21.1 Å². The molecule has 0 saturated carbocycles. The first-order chi connectivity index (χ1) is 22.3. The highest BCUT2D eigenvalue weighted by Gasteiger charge is 2.40. The highest BCUT2D eigenvalue weighted by atomic mass is 16.5. The summed E-state index contributed by atoms with van der Waals surface area (Å²) < 4.78 is 9.46. The Bertz CT molecular complexity index is 2460. The van der Waals surface area contributed by atoms with Gasteiger partial charge in [-0.2, -0.15) is 0 Å². The van der Waals surface area contributed by atoms with Gasteiger partial charge in [0.15, 0.2) is 0 Å². The first-order valence-corrected chi connectivity index (χ1v) is 15.6. The van der Waals surface area contributed by atoms with Gasteiger partial charge in [-0.05, 0) is 74.0 Å². The van der Waals surface area contributed by atoms with E-state index in [0.717, 1.165) is 22.6 Å². The van der Waals surface area contributed by atoms with E-state index >= 15 is 0 Å². The molecule has 2 aliphatic heterocycles. The minimum Gasteiger partial charge on any atom is -0.458 e. The Morgan fingerprint density at radius 1 is 0.444 bits per heavy atom. The third-order valence-electron chi connectivity index (χ3n) is 9.66. The molecule has 0 unspecified atom stereocenters. The van der Waals surface area contributed by atoms with Gasteiger partial charge in [-0.15, -0.1) is 0 Å². The van der Waals surface area contributed by atoms with Crippen molar-refractivity contribution in [2.45, 2.75) is 0 Å². The molecule has 0 aliphatic carbocycles. The van der Waals surface area contributed by atoms with Crippen molar-refractivity contribution in [1.82, 2.24) is 4.57 Å². The lowest BCUT2D eigenvalue weighted by molar-refractivity contribution is 0.487. The zero-order valence-corrected chi connectivity index (χ0v) is 24.4. The van der Waals surface area contributed by atoms with Crippen LogP contribution >= 0.6 is 0 Å². The van der Waals surface area contributed by atoms with E-state index < -0.39 is 0 Å². The molecule has 0 bridgehead atoms. The number of hydrogen-bond donors (Lipinski definition) is 0. The predicted molar refractivity (Wildman–Crippen MR) is 188 cm³/mol. The van der Waals surface area contributed by atoms with Crippen LogP contribution in [0.3, 0.4) is 0 Å². The summed E-state index contributed by atoms with van der Waals surface area (Å²) in [6.07, 6.45) is 0. The molecule has 2 aliphatic rings. The van der Waals surface area contributed by atoms with Crippen molar-refractivity contribution in [3.05, 3.63) is 158 Å². The number of hydrogen-bond acceptors (Lipinski definition) is 1. The molecule has 0 saturated heterocycles. The van der Waals surface area contributed by atoms with Crippen molar-refractivity contribution in [3.8, 4) is 50.6 Å². The topological polar surface area (TPSA) is 14.2 Å². The third-order valence-corrected chi connectivity index (χ3v) is 9.66. The predicted octanol–water partition coefficient (Wildman–Crippen LogP) is 8.72. The van der Waals surface area contributed by atoms with E-state index in [2.05, 4.69) is 162 Å². The van der Waals surface area contributed by atoms with Crippen LogP contribution in [-0.2, 0) is 0 Å². The molecule has 2 nitrogen and oxygen atoms in total. The lowest BCUT2D eigenvalue weighted by atomic mass is 9.34. The van der Waals surface area contributed by atoms with Crippen molar-refractivity contribution in [1.29, 1.82) is 0 Å². The lowest BCUT2D eigenvalue weighted by Gasteiger charge is -2.34. The van der Waals surface area contributed by atoms with Crippen molar-refractivity contribution in [2.24, 2.45) is 0 Å². The summed E-state index contributed by atoms with van der Waals surface area (Å²) in [7, 11) is 0. The van der Waals surface area contributed by atoms with Crippen LogP contribution in [0.2, 0.25) is 0 Å². The summed E-state index contributed by atoms with van der Waals surface area (Å²) in [5.41, 5.74) is 14.6. The number of benzene rings is 7. The molecular weight excluding hydrogens is 545 g/mol. The molecule has 10 rings (SSSR count). The summed E-state index contributed by atoms with van der Waals surface area (Å²) in [4.78, 5) is 0. The van der Waals surface area contributed by atoms with Crippen LogP contribution in [0.15, 0.2) is 158 Å². The Morgan fingerprint density at radius 2 is 1.11 bits per heavy atom. The Labute approximate surface area is 261 Å². The average Bonchev–Trinajstić information content (AvgIpc) is 3.45. The molecule has 45 heavy (non-hydrogen) atoms. The number of fused-ring (bicyclic) bond motifs is 7. The fraction of sp³-hybridized carbons (Fsp3) is 0. The summed E-state index contributed by atoms with van der Waals surface area (Å²) in [5.74, 6) is 1.85. The number of nitrogens with zero attached hydrogens (tertiary/aromatic N) is 1. The number of aromatic nitrogens is 1. The fourth-order valence-electron chi connectivity index (χ4n) is 7.73. The Balaban J connectivity index is 1.30. The van der Waals surface area contributed by atoms with E-state index in [1.165, 1.54) is 66.1 Å². The average molecular weight is 571 g/mol. The fourth-order valence-corrected chi connectivity index (χ4v) is 7.73. The van der Waals surface area contributed by atoms with Gasteiger partial charge in [0.05, 0.1) is 5.52 Å². The van der Waals surface area contributed by atoms with E-state index in [1.807, 2.05) is 0 Å². The van der Waals surface area contributed by atoms with Gasteiger partial charge >= 0.3 is 0 Å². The second-order valence-electron chi connectivity index (χ2n) is 12.1. The smallest absolute Gasteiger partial charge is 0.256 e. The van der Waals surface area contributed by atoms with Gasteiger partial charge in [-0.3, -0.25) is 0 Å². The van der Waals surface area contributed by atoms with E-state index in [1.54, 1.807) is 0 Å². The molecule has 0 spiro atoms. The highest BCUT2D eigenvalue weighted by molar-refractivity contribution is 6.99. The molecule has 0 fully saturated rings. The molecule has 0 amide bonds. The SMILES string of the molecule is c1ccc(-c2ccc3c(c2)Oc2cc(-c4ccccc4-c4ccccc4)cc4c2B3c2cccc3c5ccccc5n-4c23)cc1. The third kappa shape index (κ3) is 3.52. The minimum absolute atomic E-state index is 0.0718. The van der Waals surface area contributed by atoms with Gasteiger partial charge in [-0.1, -0.05) is 133 Å². The summed E-state index contributed by atoms with van der Waals surface area (Å²) >= 11 is 0. The van der Waals surface area contributed by atoms with E-state index in [9.17, 15) is 0 Å². The second-order valence-corrected chi connectivity index (χ2v) is 12.1. The molecule has 3 heterocycles. The van der Waals surface area contributed by atoms with E-state index in [-0.39, 0.29) is 6.71 Å². The van der Waals surface area contributed by atoms with Gasteiger partial charge < -0.3 is 9.30 Å². The van der Waals surface area contributed by atoms with Crippen LogP contribution in [0.5, 0.6) is 11.5 Å². The Kier molecular flexibility index (Phi) is 5.12. The number of ether oxygens (including phenoxy) is 1. The van der Waals surface area contributed by atoms with Gasteiger partial charge in [0.2, 0.25) is 0 Å². The van der Waals surface area contributed by atoms with Crippen molar-refractivity contribution in [3.63, 3.8) is 0 Å². The van der Waals surface area contributed by atoms with Crippen LogP contribution in [0, 0.1) is 0 Å². The standard InChI is InChI=1S/C42H26BNO/c1-3-12-27(13-4-1)29-22-23-35-39(25-29)45-40-26-30(32-17-8-7-16-31(32)28-14-5-2-6-15-28)24-38-41(40)43(35)36-20-11-19-34-33-18-9-10-21-37(33)44(38)42(34)36/h1-26H. The normalized spacial score (nSPS) is 12.6. The first kappa shape index (κ1) is 24.6. The minimum atomic E-state index is 0.0718. The molecule has 7 aromatic carbocycles. The maximum Gasteiger partial charge on any atom is 0.256 e. The van der Waals surface area contributed by atoms with Gasteiger partial charge in [0, 0.05) is 22.0 Å². The van der Waals surface area contributed by atoms with Crippen LogP contribution in [0.1, 0.15) is 0 Å². The van der Waals surface area contributed by atoms with E-state index in [4.69, 9.17) is 4.74 Å². The van der Waals surface area contributed by atoms with Crippen LogP contribution in [0.25, 0.3) is 60.9 Å². The lowest BCUT2D eigenvalue weighted by Crippen LogP contribution is -2.58. The largest absolute Gasteiger partial charge is 0.458 e.